The maximum absolute atomic E-state index is 12.9. The van der Waals surface area contributed by atoms with Gasteiger partial charge in [-0.1, -0.05) is 48.5 Å². The quantitative estimate of drug-likeness (QED) is 0.677. The average Bonchev–Trinajstić information content (AvgIpc) is 2.54. The number of hydrogen-bond acceptors (Lipinski definition) is 0. The summed E-state index contributed by atoms with van der Waals surface area (Å²) in [6.45, 7) is 0. The second-order valence-corrected chi connectivity index (χ2v) is 5.06. The van der Waals surface area contributed by atoms with Crippen molar-refractivity contribution in [2.75, 3.05) is 0 Å². The molecule has 0 spiro atoms. The van der Waals surface area contributed by atoms with Crippen molar-refractivity contribution < 1.29 is 8.78 Å². The fraction of sp³-hybridized carbons (Fsp3) is 0. The minimum Gasteiger partial charge on any atom is -0.207 e. The van der Waals surface area contributed by atoms with Crippen LogP contribution in [0.3, 0.4) is 0 Å². The molecule has 0 fully saturated rings. The zero-order valence-corrected chi connectivity index (χ0v) is 11.8. The molecular formula is C20H14F2. The molecule has 0 saturated heterocycles. The van der Waals surface area contributed by atoms with Crippen LogP contribution in [0.25, 0.3) is 12.2 Å². The summed E-state index contributed by atoms with van der Waals surface area (Å²) in [5.41, 5.74) is 1.91. The number of halogens is 2. The van der Waals surface area contributed by atoms with E-state index in [1.807, 2.05) is 36.4 Å². The van der Waals surface area contributed by atoms with Crippen molar-refractivity contribution in [1.29, 1.82) is 0 Å². The Labute approximate surface area is 127 Å². The first-order chi connectivity index (χ1) is 10.7. The van der Waals surface area contributed by atoms with Crippen molar-refractivity contribution in [3.8, 4) is 0 Å². The smallest absolute Gasteiger partial charge is 0.123 e. The van der Waals surface area contributed by atoms with Gasteiger partial charge in [-0.3, -0.25) is 0 Å². The number of hydrogen-bond donors (Lipinski definition) is 0. The van der Waals surface area contributed by atoms with E-state index in [0.29, 0.717) is 0 Å². The standard InChI is InChI=1S/C20H14F2/c21-19-9-5-17(6-10-19)13-15-1-2-16(4-3-15)14-18-7-11-20(22)12-8-18/h1-14H. The highest BCUT2D eigenvalue weighted by Crippen LogP contribution is 2.04. The molecule has 0 aromatic heterocycles. The molecule has 0 saturated carbocycles. The molecule has 22 heavy (non-hydrogen) atoms. The molecule has 3 aromatic carbocycles. The van der Waals surface area contributed by atoms with Gasteiger partial charge >= 0.3 is 0 Å². The van der Waals surface area contributed by atoms with Gasteiger partial charge in [0.2, 0.25) is 0 Å². The number of rotatable bonds is 2. The molecule has 0 amide bonds. The van der Waals surface area contributed by atoms with E-state index in [0.717, 1.165) is 21.6 Å². The van der Waals surface area contributed by atoms with E-state index in [9.17, 15) is 8.78 Å². The van der Waals surface area contributed by atoms with Gasteiger partial charge in [-0.15, -0.1) is 0 Å². The Hall–Kier alpha value is -2.74. The highest BCUT2D eigenvalue weighted by molar-refractivity contribution is 5.51. The molecule has 0 heterocycles. The molecule has 0 bridgehead atoms. The Bertz CT molecular complexity index is 776. The Balaban J connectivity index is 1.89. The predicted molar refractivity (Wildman–Crippen MR) is 85.6 cm³/mol. The van der Waals surface area contributed by atoms with Gasteiger partial charge < -0.3 is 0 Å². The van der Waals surface area contributed by atoms with Crippen LogP contribution in [0.4, 0.5) is 8.78 Å². The molecule has 0 radical (unpaired) electrons. The van der Waals surface area contributed by atoms with E-state index in [1.165, 1.54) is 24.3 Å². The fourth-order valence-electron chi connectivity index (χ4n) is 2.19. The van der Waals surface area contributed by atoms with Crippen LogP contribution in [0.1, 0.15) is 11.1 Å². The van der Waals surface area contributed by atoms with Gasteiger partial charge in [-0.2, -0.15) is 0 Å². The van der Waals surface area contributed by atoms with E-state index in [4.69, 9.17) is 0 Å². The van der Waals surface area contributed by atoms with Gasteiger partial charge in [-0.25, -0.2) is 8.78 Å². The molecule has 3 rings (SSSR count). The van der Waals surface area contributed by atoms with Crippen molar-refractivity contribution in [2.24, 2.45) is 0 Å². The van der Waals surface area contributed by atoms with Crippen LogP contribution in [0.2, 0.25) is 0 Å². The summed E-state index contributed by atoms with van der Waals surface area (Å²) < 4.78 is 25.7. The van der Waals surface area contributed by atoms with Gasteiger partial charge in [0.25, 0.3) is 0 Å². The fourth-order valence-corrected chi connectivity index (χ4v) is 2.19. The Morgan fingerprint density at radius 3 is 1.09 bits per heavy atom. The second-order valence-electron chi connectivity index (χ2n) is 5.06. The summed E-state index contributed by atoms with van der Waals surface area (Å²) in [5, 5.41) is 2.09. The Kier molecular flexibility index (Phi) is 4.10. The molecule has 2 heteroatoms. The molecular weight excluding hydrogens is 278 g/mol. The predicted octanol–water partition coefficient (Wildman–Crippen LogP) is 3.62. The molecule has 0 aliphatic heterocycles. The van der Waals surface area contributed by atoms with E-state index in [-0.39, 0.29) is 11.6 Å². The molecule has 0 aliphatic carbocycles. The van der Waals surface area contributed by atoms with Crippen LogP contribution in [-0.4, -0.2) is 0 Å². The van der Waals surface area contributed by atoms with Crippen LogP contribution in [0, 0.1) is 11.6 Å². The third-order valence-electron chi connectivity index (χ3n) is 3.34. The lowest BCUT2D eigenvalue weighted by atomic mass is 10.1. The van der Waals surface area contributed by atoms with Crippen LogP contribution < -0.4 is 10.4 Å². The second kappa shape index (κ2) is 6.35. The molecule has 108 valence electrons. The zero-order chi connectivity index (χ0) is 15.4. The Morgan fingerprint density at radius 2 is 0.773 bits per heavy atom. The van der Waals surface area contributed by atoms with E-state index < -0.39 is 0 Å². The maximum atomic E-state index is 12.9. The maximum Gasteiger partial charge on any atom is 0.123 e. The largest absolute Gasteiger partial charge is 0.207 e. The van der Waals surface area contributed by atoms with Gasteiger partial charge in [-0.05, 0) is 58.0 Å². The summed E-state index contributed by atoms with van der Waals surface area (Å²) >= 11 is 0. The van der Waals surface area contributed by atoms with Crippen molar-refractivity contribution in [2.45, 2.75) is 0 Å². The number of benzene rings is 3. The lowest BCUT2D eigenvalue weighted by Crippen LogP contribution is -2.07. The first-order valence-corrected chi connectivity index (χ1v) is 7.00. The lowest BCUT2D eigenvalue weighted by Gasteiger charge is -1.95. The highest BCUT2D eigenvalue weighted by atomic mass is 19.1. The van der Waals surface area contributed by atoms with Crippen molar-refractivity contribution in [1.82, 2.24) is 0 Å². The average molecular weight is 292 g/mol. The van der Waals surface area contributed by atoms with Gasteiger partial charge in [0.15, 0.2) is 0 Å². The third-order valence-corrected chi connectivity index (χ3v) is 3.34. The summed E-state index contributed by atoms with van der Waals surface area (Å²) in [6, 6.07) is 20.8. The van der Waals surface area contributed by atoms with Gasteiger partial charge in [0.1, 0.15) is 11.6 Å². The first kappa shape index (κ1) is 14.2. The first-order valence-electron chi connectivity index (χ1n) is 7.00. The van der Waals surface area contributed by atoms with Crippen LogP contribution in [0.5, 0.6) is 0 Å². The van der Waals surface area contributed by atoms with Crippen molar-refractivity contribution in [3.05, 3.63) is 106 Å². The normalized spacial score (nSPS) is 10.3. The third kappa shape index (κ3) is 3.67. The summed E-state index contributed by atoms with van der Waals surface area (Å²) in [6.07, 6.45) is 3.97. The molecule has 0 nitrogen and oxygen atoms in total. The van der Waals surface area contributed by atoms with Crippen LogP contribution in [0.15, 0.2) is 72.8 Å². The van der Waals surface area contributed by atoms with Gasteiger partial charge in [0, 0.05) is 0 Å². The van der Waals surface area contributed by atoms with Crippen molar-refractivity contribution in [3.63, 3.8) is 0 Å². The minimum absolute atomic E-state index is 0.235. The Morgan fingerprint density at radius 1 is 0.455 bits per heavy atom. The van der Waals surface area contributed by atoms with E-state index >= 15 is 0 Å². The highest BCUT2D eigenvalue weighted by Gasteiger charge is 1.91. The SMILES string of the molecule is Fc1ccc(C=c2ccc(=Cc3ccc(F)cc3)cc2)cc1. The van der Waals surface area contributed by atoms with Crippen LogP contribution in [-0.2, 0) is 0 Å². The molecule has 0 unspecified atom stereocenters. The van der Waals surface area contributed by atoms with Gasteiger partial charge in [0.05, 0.1) is 0 Å². The van der Waals surface area contributed by atoms with E-state index in [2.05, 4.69) is 0 Å². The molecule has 0 N–H and O–H groups in total. The van der Waals surface area contributed by atoms with Crippen LogP contribution >= 0.6 is 0 Å². The van der Waals surface area contributed by atoms with Crippen molar-refractivity contribution >= 4 is 12.2 Å². The minimum atomic E-state index is -0.235. The monoisotopic (exact) mass is 292 g/mol. The topological polar surface area (TPSA) is 0 Å². The molecule has 3 aromatic rings. The lowest BCUT2D eigenvalue weighted by molar-refractivity contribution is 0.627. The zero-order valence-electron chi connectivity index (χ0n) is 11.8. The molecule has 0 atom stereocenters. The molecule has 0 aliphatic rings. The summed E-state index contributed by atoms with van der Waals surface area (Å²) in [5.74, 6) is -0.470. The van der Waals surface area contributed by atoms with E-state index in [1.54, 1.807) is 24.3 Å². The summed E-state index contributed by atoms with van der Waals surface area (Å²) in [7, 11) is 0. The summed E-state index contributed by atoms with van der Waals surface area (Å²) in [4.78, 5) is 0.